The van der Waals surface area contributed by atoms with Crippen LogP contribution in [0.5, 0.6) is 0 Å². The third-order valence-corrected chi connectivity index (χ3v) is 5.07. The van der Waals surface area contributed by atoms with Gasteiger partial charge in [-0.15, -0.1) is 0 Å². The summed E-state index contributed by atoms with van der Waals surface area (Å²) in [5.41, 5.74) is -1.29. The van der Waals surface area contributed by atoms with E-state index in [-0.39, 0.29) is 30.3 Å². The van der Waals surface area contributed by atoms with Gasteiger partial charge in [0.15, 0.2) is 0 Å². The van der Waals surface area contributed by atoms with E-state index in [1.807, 2.05) is 0 Å². The Bertz CT molecular complexity index is 818. The molecule has 154 valence electrons. The number of rotatable bonds is 5. The second kappa shape index (κ2) is 9.05. The van der Waals surface area contributed by atoms with Gasteiger partial charge in [0.2, 0.25) is 0 Å². The van der Waals surface area contributed by atoms with Crippen LogP contribution in [0.1, 0.15) is 43.0 Å². The van der Waals surface area contributed by atoms with E-state index in [1.54, 1.807) is 11.8 Å². The molecule has 0 spiro atoms. The number of hydrogen-bond acceptors (Lipinski definition) is 6. The minimum Gasteiger partial charge on any atom is -0.450 e. The van der Waals surface area contributed by atoms with E-state index >= 15 is 0 Å². The highest BCUT2D eigenvalue weighted by atomic mass is 16.6. The molecular formula is C18H26N4O6. The molecule has 0 aliphatic carbocycles. The van der Waals surface area contributed by atoms with Crippen LogP contribution in [-0.2, 0) is 16.0 Å². The first kappa shape index (κ1) is 20.1. The van der Waals surface area contributed by atoms with Crippen molar-refractivity contribution in [1.82, 2.24) is 19.8 Å². The first-order valence-corrected chi connectivity index (χ1v) is 9.66. The average Bonchev–Trinajstić information content (AvgIpc) is 3.19. The molecule has 1 aromatic heterocycles. The number of aromatic amines is 1. The van der Waals surface area contributed by atoms with Crippen LogP contribution in [0, 0.1) is 0 Å². The maximum Gasteiger partial charge on any atom is 0.409 e. The lowest BCUT2D eigenvalue weighted by Crippen LogP contribution is -2.48. The molecule has 0 aromatic carbocycles. The van der Waals surface area contributed by atoms with Crippen LogP contribution in [0.4, 0.5) is 4.79 Å². The van der Waals surface area contributed by atoms with Gasteiger partial charge in [-0.3, -0.25) is 14.2 Å². The Morgan fingerprint density at radius 1 is 1.29 bits per heavy atom. The van der Waals surface area contributed by atoms with Crippen LogP contribution < -0.4 is 16.6 Å². The minimum atomic E-state index is -0.624. The molecule has 2 aliphatic heterocycles. The molecule has 10 nitrogen and oxygen atoms in total. The second-order valence-electron chi connectivity index (χ2n) is 6.99. The van der Waals surface area contributed by atoms with Gasteiger partial charge in [-0.25, -0.2) is 9.59 Å². The molecule has 0 saturated carbocycles. The summed E-state index contributed by atoms with van der Waals surface area (Å²) < 4.78 is 11.5. The molecule has 1 aromatic rings. The number of nitrogens with one attached hydrogen (secondary N) is 2. The van der Waals surface area contributed by atoms with Crippen molar-refractivity contribution in [3.05, 3.63) is 32.6 Å². The van der Waals surface area contributed by atoms with Gasteiger partial charge in [-0.1, -0.05) is 0 Å². The smallest absolute Gasteiger partial charge is 0.409 e. The molecule has 1 unspecified atom stereocenters. The number of amides is 2. The number of carbonyl (C=O) groups excluding carboxylic acids is 2. The summed E-state index contributed by atoms with van der Waals surface area (Å²) in [6.45, 7) is 3.76. The van der Waals surface area contributed by atoms with Gasteiger partial charge in [0, 0.05) is 31.9 Å². The quantitative estimate of drug-likeness (QED) is 0.728. The molecule has 2 aliphatic rings. The highest BCUT2D eigenvalue weighted by Crippen LogP contribution is 2.13. The Balaban J connectivity index is 1.62. The second-order valence-corrected chi connectivity index (χ2v) is 6.99. The van der Waals surface area contributed by atoms with Crippen LogP contribution in [-0.4, -0.2) is 64.9 Å². The van der Waals surface area contributed by atoms with Crippen molar-refractivity contribution in [3.63, 3.8) is 0 Å². The van der Waals surface area contributed by atoms with Crippen molar-refractivity contribution in [2.24, 2.45) is 0 Å². The minimum absolute atomic E-state index is 0.106. The van der Waals surface area contributed by atoms with Crippen LogP contribution in [0.15, 0.2) is 15.8 Å². The van der Waals surface area contributed by atoms with Gasteiger partial charge in [0.05, 0.1) is 19.3 Å². The van der Waals surface area contributed by atoms with E-state index in [1.165, 1.54) is 0 Å². The summed E-state index contributed by atoms with van der Waals surface area (Å²) in [5, 5.41) is 2.82. The monoisotopic (exact) mass is 394 g/mol. The molecule has 10 heteroatoms. The van der Waals surface area contributed by atoms with E-state index in [0.717, 1.165) is 23.6 Å². The predicted molar refractivity (Wildman–Crippen MR) is 99.4 cm³/mol. The Hall–Kier alpha value is -2.62. The number of hydrogen-bond donors (Lipinski definition) is 2. The fourth-order valence-corrected chi connectivity index (χ4v) is 3.52. The molecule has 2 N–H and O–H groups in total. The number of piperidine rings is 1. The van der Waals surface area contributed by atoms with Crippen molar-refractivity contribution in [3.8, 4) is 0 Å². The summed E-state index contributed by atoms with van der Waals surface area (Å²) in [5.74, 6) is -0.531. The number of H-pyrrole nitrogens is 1. The molecule has 1 atom stereocenters. The van der Waals surface area contributed by atoms with Crippen LogP contribution in [0.3, 0.4) is 0 Å². The summed E-state index contributed by atoms with van der Waals surface area (Å²) in [7, 11) is 0. The van der Waals surface area contributed by atoms with Crippen molar-refractivity contribution in [1.29, 1.82) is 0 Å². The Kier molecular flexibility index (Phi) is 6.50. The maximum atomic E-state index is 12.6. The van der Waals surface area contributed by atoms with Crippen molar-refractivity contribution in [2.75, 3.05) is 26.3 Å². The predicted octanol–water partition coefficient (Wildman–Crippen LogP) is 0.0663. The van der Waals surface area contributed by atoms with E-state index in [9.17, 15) is 19.2 Å². The Morgan fingerprint density at radius 2 is 2.04 bits per heavy atom. The molecule has 0 bridgehead atoms. The standard InChI is InChI=1S/C18H26N4O6/c1-2-27-18(26)21-7-5-12(6-8-21)20-15(23)14-10-19-17(25)22(16(14)24)11-13-4-3-9-28-13/h10,12-13H,2-9,11H2,1H3,(H,19,25)(H,20,23). The average molecular weight is 394 g/mol. The maximum absolute atomic E-state index is 12.6. The molecule has 2 saturated heterocycles. The number of carbonyl (C=O) groups is 2. The topological polar surface area (TPSA) is 123 Å². The molecule has 28 heavy (non-hydrogen) atoms. The van der Waals surface area contributed by atoms with Crippen LogP contribution in [0.2, 0.25) is 0 Å². The van der Waals surface area contributed by atoms with Gasteiger partial charge in [0.1, 0.15) is 5.56 Å². The van der Waals surface area contributed by atoms with Gasteiger partial charge < -0.3 is 24.7 Å². The summed E-state index contributed by atoms with van der Waals surface area (Å²) in [6.07, 6.45) is 3.41. The zero-order valence-corrected chi connectivity index (χ0v) is 15.9. The molecule has 2 amide bonds. The normalized spacial score (nSPS) is 20.2. The lowest BCUT2D eigenvalue weighted by atomic mass is 10.1. The Morgan fingerprint density at radius 3 is 2.68 bits per heavy atom. The first-order valence-electron chi connectivity index (χ1n) is 9.66. The van der Waals surface area contributed by atoms with Crippen molar-refractivity contribution in [2.45, 2.75) is 51.3 Å². The largest absolute Gasteiger partial charge is 0.450 e. The highest BCUT2D eigenvalue weighted by Gasteiger charge is 2.26. The fraction of sp³-hybridized carbons (Fsp3) is 0.667. The number of aromatic nitrogens is 2. The van der Waals surface area contributed by atoms with Crippen LogP contribution in [0.25, 0.3) is 0 Å². The van der Waals surface area contributed by atoms with Gasteiger partial charge >= 0.3 is 11.8 Å². The third-order valence-electron chi connectivity index (χ3n) is 5.07. The Labute approximate surface area is 161 Å². The van der Waals surface area contributed by atoms with Gasteiger partial charge in [-0.05, 0) is 32.6 Å². The highest BCUT2D eigenvalue weighted by molar-refractivity contribution is 5.93. The fourth-order valence-electron chi connectivity index (χ4n) is 3.52. The van der Waals surface area contributed by atoms with E-state index in [0.29, 0.717) is 39.1 Å². The molecule has 2 fully saturated rings. The van der Waals surface area contributed by atoms with Gasteiger partial charge in [-0.2, -0.15) is 0 Å². The summed E-state index contributed by atoms with van der Waals surface area (Å²) in [4.78, 5) is 53.0. The molecular weight excluding hydrogens is 368 g/mol. The molecule has 3 rings (SSSR count). The third kappa shape index (κ3) is 4.61. The van der Waals surface area contributed by atoms with Crippen molar-refractivity contribution < 1.29 is 19.1 Å². The summed E-state index contributed by atoms with van der Waals surface area (Å²) >= 11 is 0. The molecule has 3 heterocycles. The van der Waals surface area contributed by atoms with Gasteiger partial charge in [0.25, 0.3) is 11.5 Å². The van der Waals surface area contributed by atoms with Crippen LogP contribution >= 0.6 is 0 Å². The first-order chi connectivity index (χ1) is 13.5. The zero-order valence-electron chi connectivity index (χ0n) is 15.9. The van der Waals surface area contributed by atoms with Crippen molar-refractivity contribution >= 4 is 12.0 Å². The summed E-state index contributed by atoms with van der Waals surface area (Å²) in [6, 6.07) is -0.156. The lowest BCUT2D eigenvalue weighted by molar-refractivity contribution is 0.0852. The lowest BCUT2D eigenvalue weighted by Gasteiger charge is -2.31. The van der Waals surface area contributed by atoms with E-state index in [4.69, 9.17) is 9.47 Å². The zero-order chi connectivity index (χ0) is 20.1. The molecule has 0 radical (unpaired) electrons. The van der Waals surface area contributed by atoms with E-state index in [2.05, 4.69) is 10.3 Å². The SMILES string of the molecule is CCOC(=O)N1CCC(NC(=O)c2c[nH]c(=O)n(CC3CCCO3)c2=O)CC1. The number of likely N-dealkylation sites (tertiary alicyclic amines) is 1. The van der Waals surface area contributed by atoms with E-state index < -0.39 is 17.2 Å². The number of ether oxygens (including phenoxy) is 2. The number of nitrogens with zero attached hydrogens (tertiary/aromatic N) is 2.